The third kappa shape index (κ3) is 4.44. The topological polar surface area (TPSA) is 63.2 Å². The van der Waals surface area contributed by atoms with Gasteiger partial charge in [-0.2, -0.15) is 0 Å². The van der Waals surface area contributed by atoms with Crippen molar-refractivity contribution < 1.29 is 13.2 Å². The Labute approximate surface area is 110 Å². The average molecular weight is 273 g/mol. The lowest BCUT2D eigenvalue weighted by Crippen LogP contribution is -2.36. The maximum atomic E-state index is 11.8. The second kappa shape index (κ2) is 5.87. The van der Waals surface area contributed by atoms with Crippen molar-refractivity contribution in [2.75, 3.05) is 12.3 Å². The van der Waals surface area contributed by atoms with Gasteiger partial charge in [-0.05, 0) is 39.5 Å². The lowest BCUT2D eigenvalue weighted by atomic mass is 10.1. The first-order valence-corrected chi connectivity index (χ1v) is 8.03. The number of rotatable bonds is 5. The van der Waals surface area contributed by atoms with Crippen LogP contribution >= 0.6 is 0 Å². The zero-order valence-corrected chi connectivity index (χ0v) is 12.2. The number of hydrogen-bond acceptors (Lipinski definition) is 3. The van der Waals surface area contributed by atoms with Crippen LogP contribution in [0.4, 0.5) is 0 Å². The molecule has 1 rings (SSSR count). The minimum Gasteiger partial charge on any atom is -0.355 e. The van der Waals surface area contributed by atoms with Crippen LogP contribution in [0.3, 0.4) is 0 Å². The van der Waals surface area contributed by atoms with Crippen LogP contribution in [0, 0.1) is 5.92 Å². The predicted octanol–water partition coefficient (Wildman–Crippen LogP) is 1.67. The first kappa shape index (κ1) is 15.2. The van der Waals surface area contributed by atoms with Crippen LogP contribution in [-0.4, -0.2) is 31.4 Å². The molecule has 0 unspecified atom stereocenters. The lowest BCUT2D eigenvalue weighted by molar-refractivity contribution is -0.121. The maximum absolute atomic E-state index is 11.8. The fourth-order valence-corrected chi connectivity index (χ4v) is 2.79. The number of carbonyl (C=O) groups is 1. The Balaban J connectivity index is 2.29. The molecule has 1 atom stereocenters. The molecule has 0 radical (unpaired) electrons. The summed E-state index contributed by atoms with van der Waals surface area (Å²) in [5.74, 6) is 0.267. The molecule has 0 aromatic heterocycles. The van der Waals surface area contributed by atoms with Crippen molar-refractivity contribution in [2.24, 2.45) is 5.92 Å². The molecule has 1 amide bonds. The van der Waals surface area contributed by atoms with E-state index in [1.165, 1.54) is 0 Å². The third-order valence-corrected chi connectivity index (χ3v) is 5.79. The van der Waals surface area contributed by atoms with E-state index >= 15 is 0 Å². The van der Waals surface area contributed by atoms with E-state index in [9.17, 15) is 13.2 Å². The molecule has 1 aliphatic rings. The number of amides is 1. The molecule has 0 saturated carbocycles. The summed E-state index contributed by atoms with van der Waals surface area (Å²) in [5.41, 5.74) is 0. The van der Waals surface area contributed by atoms with Crippen molar-refractivity contribution >= 4 is 15.7 Å². The van der Waals surface area contributed by atoms with Crippen molar-refractivity contribution in [1.29, 1.82) is 0 Å². The summed E-state index contributed by atoms with van der Waals surface area (Å²) in [5, 5.41) is 2.69. The third-order valence-electron chi connectivity index (χ3n) is 3.19. The summed E-state index contributed by atoms with van der Waals surface area (Å²) in [6.45, 7) is 5.23. The molecule has 0 spiro atoms. The van der Waals surface area contributed by atoms with Gasteiger partial charge in [-0.25, -0.2) is 8.42 Å². The Morgan fingerprint density at radius 1 is 1.39 bits per heavy atom. The van der Waals surface area contributed by atoms with Gasteiger partial charge in [0.1, 0.15) is 0 Å². The summed E-state index contributed by atoms with van der Waals surface area (Å²) < 4.78 is 22.9. The normalized spacial score (nSPS) is 20.1. The molecule has 1 aliphatic carbocycles. The molecule has 0 fully saturated rings. The fourth-order valence-electron chi connectivity index (χ4n) is 1.81. The van der Waals surface area contributed by atoms with Gasteiger partial charge in [0.05, 0.1) is 10.5 Å². The maximum Gasteiger partial charge on any atom is 0.220 e. The highest BCUT2D eigenvalue weighted by molar-refractivity contribution is 7.92. The molecule has 0 bridgehead atoms. The molecule has 0 saturated heterocycles. The molecule has 0 aromatic carbocycles. The summed E-state index contributed by atoms with van der Waals surface area (Å²) in [7, 11) is -3.15. The SMILES string of the molecule is CC(C)(C)S(=O)(=O)CCNC(=O)C[C@H]1C=CCC1. The van der Waals surface area contributed by atoms with Gasteiger partial charge in [0.15, 0.2) is 9.84 Å². The number of nitrogens with one attached hydrogen (secondary N) is 1. The molecule has 4 nitrogen and oxygen atoms in total. The van der Waals surface area contributed by atoms with Crippen LogP contribution in [0.1, 0.15) is 40.0 Å². The second-order valence-corrected chi connectivity index (χ2v) is 8.61. The van der Waals surface area contributed by atoms with Gasteiger partial charge in [-0.15, -0.1) is 0 Å². The van der Waals surface area contributed by atoms with Crippen LogP contribution in [0.25, 0.3) is 0 Å². The van der Waals surface area contributed by atoms with Crippen molar-refractivity contribution in [3.8, 4) is 0 Å². The van der Waals surface area contributed by atoms with Crippen molar-refractivity contribution in [1.82, 2.24) is 5.32 Å². The van der Waals surface area contributed by atoms with E-state index in [-0.39, 0.29) is 18.2 Å². The van der Waals surface area contributed by atoms with Crippen LogP contribution in [0.15, 0.2) is 12.2 Å². The molecule has 0 heterocycles. The standard InChI is InChI=1S/C13H23NO3S/c1-13(2,3)18(16,17)9-8-14-12(15)10-11-6-4-5-7-11/h4,6,11H,5,7-10H2,1-3H3,(H,14,15)/t11-/m0/s1. The number of sulfone groups is 1. The first-order valence-electron chi connectivity index (χ1n) is 6.38. The number of carbonyl (C=O) groups excluding carboxylic acids is 1. The molecule has 18 heavy (non-hydrogen) atoms. The molecular formula is C13H23NO3S. The first-order chi connectivity index (χ1) is 8.22. The van der Waals surface area contributed by atoms with Gasteiger partial charge in [0.25, 0.3) is 0 Å². The minimum atomic E-state index is -3.15. The van der Waals surface area contributed by atoms with E-state index in [2.05, 4.69) is 17.5 Å². The van der Waals surface area contributed by atoms with Crippen LogP contribution in [0.5, 0.6) is 0 Å². The van der Waals surface area contributed by atoms with Crippen LogP contribution in [-0.2, 0) is 14.6 Å². The summed E-state index contributed by atoms with van der Waals surface area (Å²) in [6, 6.07) is 0. The fraction of sp³-hybridized carbons (Fsp3) is 0.769. The van der Waals surface area contributed by atoms with Gasteiger partial charge >= 0.3 is 0 Å². The number of allylic oxidation sites excluding steroid dienone is 2. The van der Waals surface area contributed by atoms with E-state index < -0.39 is 14.6 Å². The van der Waals surface area contributed by atoms with Gasteiger partial charge in [-0.1, -0.05) is 12.2 Å². The monoisotopic (exact) mass is 273 g/mol. The molecule has 0 aliphatic heterocycles. The van der Waals surface area contributed by atoms with Crippen LogP contribution in [0.2, 0.25) is 0 Å². The number of hydrogen-bond donors (Lipinski definition) is 1. The summed E-state index contributed by atoms with van der Waals surface area (Å²) >= 11 is 0. The zero-order chi connectivity index (χ0) is 13.8. The Morgan fingerprint density at radius 2 is 2.06 bits per heavy atom. The van der Waals surface area contributed by atoms with E-state index in [0.717, 1.165) is 12.8 Å². The van der Waals surface area contributed by atoms with E-state index in [4.69, 9.17) is 0 Å². The quantitative estimate of drug-likeness (QED) is 0.775. The molecule has 1 N–H and O–H groups in total. The molecule has 5 heteroatoms. The Morgan fingerprint density at radius 3 is 2.56 bits per heavy atom. The summed E-state index contributed by atoms with van der Waals surface area (Å²) in [4.78, 5) is 11.6. The van der Waals surface area contributed by atoms with E-state index in [1.54, 1.807) is 20.8 Å². The molecular weight excluding hydrogens is 250 g/mol. The summed E-state index contributed by atoms with van der Waals surface area (Å²) in [6.07, 6.45) is 6.67. The van der Waals surface area contributed by atoms with Crippen molar-refractivity contribution in [3.63, 3.8) is 0 Å². The highest BCUT2D eigenvalue weighted by atomic mass is 32.2. The van der Waals surface area contributed by atoms with Crippen molar-refractivity contribution in [2.45, 2.75) is 44.8 Å². The largest absolute Gasteiger partial charge is 0.355 e. The zero-order valence-electron chi connectivity index (χ0n) is 11.4. The average Bonchev–Trinajstić information content (AvgIpc) is 2.68. The van der Waals surface area contributed by atoms with Gasteiger partial charge in [0.2, 0.25) is 5.91 Å². The smallest absolute Gasteiger partial charge is 0.220 e. The highest BCUT2D eigenvalue weighted by Gasteiger charge is 2.28. The van der Waals surface area contributed by atoms with E-state index in [0.29, 0.717) is 12.3 Å². The molecule has 104 valence electrons. The van der Waals surface area contributed by atoms with Gasteiger partial charge < -0.3 is 5.32 Å². The Hall–Kier alpha value is -0.840. The Bertz CT molecular complexity index is 418. The second-order valence-electron chi connectivity index (χ2n) is 5.75. The minimum absolute atomic E-state index is 0.00272. The van der Waals surface area contributed by atoms with Crippen LogP contribution < -0.4 is 5.32 Å². The van der Waals surface area contributed by atoms with Crippen molar-refractivity contribution in [3.05, 3.63) is 12.2 Å². The van der Waals surface area contributed by atoms with E-state index in [1.807, 2.05) is 0 Å². The van der Waals surface area contributed by atoms with Gasteiger partial charge in [-0.3, -0.25) is 4.79 Å². The van der Waals surface area contributed by atoms with Gasteiger partial charge in [0, 0.05) is 13.0 Å². The highest BCUT2D eigenvalue weighted by Crippen LogP contribution is 2.20. The molecule has 0 aromatic rings. The predicted molar refractivity (Wildman–Crippen MR) is 73.0 cm³/mol. The Kier molecular flexibility index (Phi) is 4.96. The lowest BCUT2D eigenvalue weighted by Gasteiger charge is -2.19.